The molecule has 1 aromatic rings. The summed E-state index contributed by atoms with van der Waals surface area (Å²) in [6.45, 7) is 6.04. The van der Waals surface area contributed by atoms with E-state index in [1.807, 2.05) is 20.8 Å². The Morgan fingerprint density at radius 1 is 1.07 bits per heavy atom. The highest BCUT2D eigenvalue weighted by atomic mass is 35.5. The Balaban J connectivity index is 3.34. The van der Waals surface area contributed by atoms with Gasteiger partial charge in [0.05, 0.1) is 10.0 Å². The van der Waals surface area contributed by atoms with Crippen molar-refractivity contribution in [1.29, 1.82) is 0 Å². The van der Waals surface area contributed by atoms with Gasteiger partial charge in [0.1, 0.15) is 0 Å². The van der Waals surface area contributed by atoms with E-state index in [0.717, 1.165) is 5.56 Å². The second-order valence-electron chi connectivity index (χ2n) is 4.45. The van der Waals surface area contributed by atoms with Gasteiger partial charge in [-0.2, -0.15) is 0 Å². The summed E-state index contributed by atoms with van der Waals surface area (Å²) in [5, 5.41) is 18.7. The van der Waals surface area contributed by atoms with Gasteiger partial charge in [0, 0.05) is 5.46 Å². The van der Waals surface area contributed by atoms with Crippen LogP contribution in [0.4, 0.5) is 0 Å². The fraction of sp³-hybridized carbons (Fsp3) is 0.400. The zero-order valence-corrected chi connectivity index (χ0v) is 10.4. The minimum atomic E-state index is -1.59. The second kappa shape index (κ2) is 4.34. The molecule has 0 aliphatic carbocycles. The summed E-state index contributed by atoms with van der Waals surface area (Å²) in [7, 11) is -1.59. The van der Waals surface area contributed by atoms with Crippen molar-refractivity contribution in [2.45, 2.75) is 26.2 Å². The van der Waals surface area contributed by atoms with Gasteiger partial charge >= 0.3 is 7.12 Å². The third-order valence-electron chi connectivity index (χ3n) is 2.20. The summed E-state index contributed by atoms with van der Waals surface area (Å²) in [6, 6.07) is 3.35. The van der Waals surface area contributed by atoms with Crippen molar-refractivity contribution in [3.8, 4) is 0 Å². The zero-order valence-electron chi connectivity index (χ0n) is 8.88. The van der Waals surface area contributed by atoms with Crippen molar-refractivity contribution in [1.82, 2.24) is 0 Å². The molecule has 2 N–H and O–H groups in total. The highest BCUT2D eigenvalue weighted by Gasteiger charge is 2.23. The molecule has 2 nitrogen and oxygen atoms in total. The topological polar surface area (TPSA) is 40.5 Å². The summed E-state index contributed by atoms with van der Waals surface area (Å²) in [5.74, 6) is 0. The smallest absolute Gasteiger partial charge is 0.423 e. The van der Waals surface area contributed by atoms with Gasteiger partial charge in [0.25, 0.3) is 0 Å². The van der Waals surface area contributed by atoms with E-state index < -0.39 is 7.12 Å². The lowest BCUT2D eigenvalue weighted by atomic mass is 9.77. The lowest BCUT2D eigenvalue weighted by Crippen LogP contribution is -2.31. The van der Waals surface area contributed by atoms with Crippen molar-refractivity contribution in [3.05, 3.63) is 27.7 Å². The molecular weight excluding hydrogens is 234 g/mol. The molecule has 0 heterocycles. The third kappa shape index (κ3) is 2.67. The fourth-order valence-corrected chi connectivity index (χ4v) is 2.06. The molecule has 0 spiro atoms. The maximum absolute atomic E-state index is 9.04. The van der Waals surface area contributed by atoms with E-state index in [1.165, 1.54) is 0 Å². The van der Waals surface area contributed by atoms with Crippen LogP contribution in [0.25, 0.3) is 0 Å². The number of halogens is 2. The first-order chi connectivity index (χ1) is 6.75. The van der Waals surface area contributed by atoms with Crippen LogP contribution in [0.1, 0.15) is 26.3 Å². The molecule has 0 saturated carbocycles. The van der Waals surface area contributed by atoms with Gasteiger partial charge in [0.2, 0.25) is 0 Å². The molecule has 0 aromatic heterocycles. The first-order valence-electron chi connectivity index (χ1n) is 4.59. The molecule has 5 heteroatoms. The quantitative estimate of drug-likeness (QED) is 0.744. The van der Waals surface area contributed by atoms with Gasteiger partial charge < -0.3 is 10.0 Å². The molecule has 0 aliphatic rings. The molecule has 0 aliphatic heterocycles. The molecule has 0 atom stereocenters. The Bertz CT molecular complexity index is 372. The van der Waals surface area contributed by atoms with Crippen LogP contribution in [0.3, 0.4) is 0 Å². The highest BCUT2D eigenvalue weighted by Crippen LogP contribution is 2.33. The van der Waals surface area contributed by atoms with E-state index in [-0.39, 0.29) is 15.9 Å². The molecule has 0 amide bonds. The molecule has 82 valence electrons. The lowest BCUT2D eigenvalue weighted by Gasteiger charge is -2.22. The van der Waals surface area contributed by atoms with E-state index in [9.17, 15) is 0 Å². The van der Waals surface area contributed by atoms with E-state index in [0.29, 0.717) is 5.02 Å². The normalized spacial score (nSPS) is 11.7. The van der Waals surface area contributed by atoms with Crippen LogP contribution >= 0.6 is 23.2 Å². The van der Waals surface area contributed by atoms with Crippen LogP contribution < -0.4 is 5.46 Å². The van der Waals surface area contributed by atoms with Crippen LogP contribution in [0.5, 0.6) is 0 Å². The number of hydrogen-bond donors (Lipinski definition) is 2. The van der Waals surface area contributed by atoms with Gasteiger partial charge in [-0.3, -0.25) is 0 Å². The Morgan fingerprint density at radius 3 is 2.00 bits per heavy atom. The molecule has 0 saturated heterocycles. The molecule has 15 heavy (non-hydrogen) atoms. The Kier molecular flexibility index (Phi) is 3.72. The number of rotatable bonds is 1. The molecule has 0 unspecified atom stereocenters. The Morgan fingerprint density at radius 2 is 1.60 bits per heavy atom. The van der Waals surface area contributed by atoms with Gasteiger partial charge in [-0.05, 0) is 11.0 Å². The van der Waals surface area contributed by atoms with Gasteiger partial charge in [-0.1, -0.05) is 56.1 Å². The van der Waals surface area contributed by atoms with Crippen LogP contribution in [-0.4, -0.2) is 17.2 Å². The minimum absolute atomic E-state index is 0.125. The maximum atomic E-state index is 9.04. The average Bonchev–Trinajstić information content (AvgIpc) is 2.06. The average molecular weight is 247 g/mol. The van der Waals surface area contributed by atoms with Crippen LogP contribution in [0.15, 0.2) is 12.1 Å². The lowest BCUT2D eigenvalue weighted by molar-refractivity contribution is 0.425. The van der Waals surface area contributed by atoms with Crippen LogP contribution in [0, 0.1) is 0 Å². The number of hydrogen-bond acceptors (Lipinski definition) is 2. The van der Waals surface area contributed by atoms with Crippen LogP contribution in [-0.2, 0) is 5.41 Å². The summed E-state index contributed by atoms with van der Waals surface area (Å²) in [5.41, 5.74) is 0.993. The highest BCUT2D eigenvalue weighted by molar-refractivity contribution is 6.64. The SMILES string of the molecule is CC(C)(C)c1ccc(B(O)O)c(Cl)c1Cl. The van der Waals surface area contributed by atoms with Crippen molar-refractivity contribution in [2.75, 3.05) is 0 Å². The monoisotopic (exact) mass is 246 g/mol. The van der Waals surface area contributed by atoms with E-state index in [4.69, 9.17) is 33.2 Å². The third-order valence-corrected chi connectivity index (χ3v) is 3.09. The van der Waals surface area contributed by atoms with Crippen molar-refractivity contribution in [2.24, 2.45) is 0 Å². The van der Waals surface area contributed by atoms with Gasteiger partial charge in [-0.15, -0.1) is 0 Å². The standard InChI is InChI=1S/C10H13BCl2O2/c1-10(2,3)6-4-5-7(11(14)15)9(13)8(6)12/h4-5,14-15H,1-3H3. The van der Waals surface area contributed by atoms with E-state index in [1.54, 1.807) is 12.1 Å². The summed E-state index contributed by atoms with van der Waals surface area (Å²) in [4.78, 5) is 0. The Labute approximate surface area is 100.0 Å². The van der Waals surface area contributed by atoms with E-state index >= 15 is 0 Å². The Hall–Kier alpha value is -0.215. The largest absolute Gasteiger partial charge is 0.490 e. The molecule has 1 rings (SSSR count). The summed E-state index contributed by atoms with van der Waals surface area (Å²) < 4.78 is 0. The maximum Gasteiger partial charge on any atom is 0.490 e. The van der Waals surface area contributed by atoms with Crippen molar-refractivity contribution in [3.63, 3.8) is 0 Å². The molecule has 0 fully saturated rings. The van der Waals surface area contributed by atoms with Crippen molar-refractivity contribution >= 4 is 35.8 Å². The predicted molar refractivity (Wildman–Crippen MR) is 65.0 cm³/mol. The zero-order chi connectivity index (χ0) is 11.8. The van der Waals surface area contributed by atoms with Crippen molar-refractivity contribution < 1.29 is 10.0 Å². The first kappa shape index (κ1) is 12.9. The molecule has 0 radical (unpaired) electrons. The second-order valence-corrected chi connectivity index (χ2v) is 5.21. The van der Waals surface area contributed by atoms with Gasteiger partial charge in [-0.25, -0.2) is 0 Å². The van der Waals surface area contributed by atoms with Gasteiger partial charge in [0.15, 0.2) is 0 Å². The molecule has 1 aromatic carbocycles. The summed E-state index contributed by atoms with van der Waals surface area (Å²) in [6.07, 6.45) is 0. The fourth-order valence-electron chi connectivity index (χ4n) is 1.34. The minimum Gasteiger partial charge on any atom is -0.423 e. The molecular formula is C10H13BCl2O2. The first-order valence-corrected chi connectivity index (χ1v) is 5.35. The molecule has 0 bridgehead atoms. The van der Waals surface area contributed by atoms with Crippen LogP contribution in [0.2, 0.25) is 10.0 Å². The summed E-state index contributed by atoms with van der Waals surface area (Å²) >= 11 is 12.0. The van der Waals surface area contributed by atoms with E-state index in [2.05, 4.69) is 0 Å². The number of benzene rings is 1. The predicted octanol–water partition coefficient (Wildman–Crippen LogP) is 1.97.